The predicted octanol–water partition coefficient (Wildman–Crippen LogP) is 4.43. The number of para-hydroxylation sites is 1. The molecule has 0 fully saturated rings. The number of fused-ring (bicyclic) bond motifs is 1. The van der Waals surface area contributed by atoms with Crippen LogP contribution in [0.15, 0.2) is 83.7 Å². The van der Waals surface area contributed by atoms with Gasteiger partial charge in [-0.1, -0.05) is 42.5 Å². The van der Waals surface area contributed by atoms with E-state index >= 15 is 0 Å². The Bertz CT molecular complexity index is 1180. The lowest BCUT2D eigenvalue weighted by Gasteiger charge is -2.11. The predicted molar refractivity (Wildman–Crippen MR) is 106 cm³/mol. The Kier molecular flexibility index (Phi) is 4.30. The number of benzene rings is 3. The summed E-state index contributed by atoms with van der Waals surface area (Å²) in [5.41, 5.74) is 2.33. The van der Waals surface area contributed by atoms with Gasteiger partial charge in [-0.15, -0.1) is 0 Å². The number of nitrogens with one attached hydrogen (secondary N) is 1. The zero-order valence-corrected chi connectivity index (χ0v) is 14.7. The van der Waals surface area contributed by atoms with E-state index in [1.54, 1.807) is 43.5 Å². The van der Waals surface area contributed by atoms with Crippen molar-refractivity contribution < 1.29 is 9.53 Å². The highest BCUT2D eigenvalue weighted by molar-refractivity contribution is 6.13. The standard InChI is InChI=1S/C23H17NO3/c1-27-17-13-11-16(12-14-17)22(25)20-21(15-7-3-2-4-8-15)24-19-10-6-5-9-18(19)23(20)26/h2-14H,1H3,(H,24,26). The molecular weight excluding hydrogens is 338 g/mol. The Labute approximate surface area is 156 Å². The summed E-state index contributed by atoms with van der Waals surface area (Å²) in [6.07, 6.45) is 0. The van der Waals surface area contributed by atoms with Crippen LogP contribution in [0.1, 0.15) is 15.9 Å². The molecule has 3 aromatic carbocycles. The minimum absolute atomic E-state index is 0.144. The Hall–Kier alpha value is -3.66. The number of pyridine rings is 1. The van der Waals surface area contributed by atoms with E-state index in [1.165, 1.54) is 0 Å². The molecular formula is C23H17NO3. The molecule has 1 aromatic heterocycles. The van der Waals surface area contributed by atoms with E-state index in [9.17, 15) is 9.59 Å². The monoisotopic (exact) mass is 355 g/mol. The van der Waals surface area contributed by atoms with Gasteiger partial charge in [-0.25, -0.2) is 0 Å². The first-order valence-electron chi connectivity index (χ1n) is 8.58. The Morgan fingerprint density at radius 1 is 0.852 bits per heavy atom. The van der Waals surface area contributed by atoms with Crippen LogP contribution in [-0.2, 0) is 0 Å². The minimum Gasteiger partial charge on any atom is -0.497 e. The van der Waals surface area contributed by atoms with Crippen molar-refractivity contribution in [2.24, 2.45) is 0 Å². The molecule has 0 bridgehead atoms. The van der Waals surface area contributed by atoms with Gasteiger partial charge in [-0.05, 0) is 42.0 Å². The number of hydrogen-bond acceptors (Lipinski definition) is 3. The molecule has 1 heterocycles. The van der Waals surface area contributed by atoms with Crippen LogP contribution >= 0.6 is 0 Å². The van der Waals surface area contributed by atoms with E-state index < -0.39 is 0 Å². The molecule has 4 nitrogen and oxygen atoms in total. The van der Waals surface area contributed by atoms with E-state index in [-0.39, 0.29) is 16.8 Å². The van der Waals surface area contributed by atoms with Gasteiger partial charge in [-0.3, -0.25) is 9.59 Å². The fraction of sp³-hybridized carbons (Fsp3) is 0.0435. The lowest BCUT2D eigenvalue weighted by atomic mass is 9.96. The van der Waals surface area contributed by atoms with Crippen molar-refractivity contribution in [3.05, 3.63) is 100 Å². The third kappa shape index (κ3) is 3.02. The topological polar surface area (TPSA) is 59.2 Å². The molecule has 4 heteroatoms. The van der Waals surface area contributed by atoms with Crippen molar-refractivity contribution in [1.29, 1.82) is 0 Å². The van der Waals surface area contributed by atoms with Crippen molar-refractivity contribution in [3.8, 4) is 17.0 Å². The molecule has 4 rings (SSSR count). The van der Waals surface area contributed by atoms with Crippen LogP contribution < -0.4 is 10.2 Å². The van der Waals surface area contributed by atoms with E-state index in [4.69, 9.17) is 4.74 Å². The molecule has 0 saturated heterocycles. The van der Waals surface area contributed by atoms with Gasteiger partial charge in [-0.2, -0.15) is 0 Å². The van der Waals surface area contributed by atoms with Crippen LogP contribution in [0.4, 0.5) is 0 Å². The third-order valence-corrected chi connectivity index (χ3v) is 4.55. The highest BCUT2D eigenvalue weighted by atomic mass is 16.5. The van der Waals surface area contributed by atoms with Crippen LogP contribution in [0.25, 0.3) is 22.2 Å². The molecule has 4 aromatic rings. The summed E-state index contributed by atoms with van der Waals surface area (Å²) >= 11 is 0. The van der Waals surface area contributed by atoms with Crippen LogP contribution in [0, 0.1) is 0 Å². The second-order valence-electron chi connectivity index (χ2n) is 6.17. The van der Waals surface area contributed by atoms with Gasteiger partial charge in [0.1, 0.15) is 5.75 Å². The fourth-order valence-electron chi connectivity index (χ4n) is 3.16. The van der Waals surface area contributed by atoms with Gasteiger partial charge >= 0.3 is 0 Å². The Morgan fingerprint density at radius 2 is 1.52 bits per heavy atom. The maximum atomic E-state index is 13.2. The van der Waals surface area contributed by atoms with Gasteiger partial charge in [0.15, 0.2) is 5.78 Å². The van der Waals surface area contributed by atoms with Gasteiger partial charge in [0.05, 0.1) is 18.4 Å². The molecule has 0 aliphatic rings. The minimum atomic E-state index is -0.316. The number of H-pyrrole nitrogens is 1. The smallest absolute Gasteiger partial charge is 0.201 e. The normalized spacial score (nSPS) is 10.7. The van der Waals surface area contributed by atoms with Gasteiger partial charge in [0.25, 0.3) is 0 Å². The van der Waals surface area contributed by atoms with E-state index in [1.807, 2.05) is 42.5 Å². The number of aromatic nitrogens is 1. The van der Waals surface area contributed by atoms with E-state index in [2.05, 4.69) is 4.98 Å². The number of ether oxygens (including phenoxy) is 1. The van der Waals surface area contributed by atoms with Crippen molar-refractivity contribution in [1.82, 2.24) is 4.98 Å². The Morgan fingerprint density at radius 3 is 2.22 bits per heavy atom. The van der Waals surface area contributed by atoms with Crippen LogP contribution in [0.2, 0.25) is 0 Å². The van der Waals surface area contributed by atoms with E-state index in [0.717, 1.165) is 5.56 Å². The second-order valence-corrected chi connectivity index (χ2v) is 6.17. The first-order valence-corrected chi connectivity index (χ1v) is 8.58. The number of aromatic amines is 1. The summed E-state index contributed by atoms with van der Waals surface area (Å²) in [7, 11) is 1.57. The Balaban J connectivity index is 1.98. The van der Waals surface area contributed by atoms with Crippen molar-refractivity contribution in [2.75, 3.05) is 7.11 Å². The molecule has 0 saturated carbocycles. The van der Waals surface area contributed by atoms with Crippen molar-refractivity contribution in [3.63, 3.8) is 0 Å². The molecule has 0 unspecified atom stereocenters. The SMILES string of the molecule is COc1ccc(C(=O)c2c(-c3ccccc3)[nH]c3ccccc3c2=O)cc1. The number of rotatable bonds is 4. The summed E-state index contributed by atoms with van der Waals surface area (Å²) in [4.78, 5) is 29.7. The third-order valence-electron chi connectivity index (χ3n) is 4.55. The lowest BCUT2D eigenvalue weighted by molar-refractivity contribution is 0.103. The first kappa shape index (κ1) is 16.8. The highest BCUT2D eigenvalue weighted by Gasteiger charge is 2.21. The first-order chi connectivity index (χ1) is 13.2. The number of carbonyl (C=O) groups excluding carboxylic acids is 1. The summed E-state index contributed by atoms with van der Waals surface area (Å²) in [6, 6.07) is 23.4. The average Bonchev–Trinajstić information content (AvgIpc) is 2.74. The number of methoxy groups -OCH3 is 1. The zero-order valence-electron chi connectivity index (χ0n) is 14.7. The van der Waals surface area contributed by atoms with Crippen molar-refractivity contribution >= 4 is 16.7 Å². The van der Waals surface area contributed by atoms with Crippen LogP contribution in [0.5, 0.6) is 5.75 Å². The summed E-state index contributed by atoms with van der Waals surface area (Å²) < 4.78 is 5.15. The van der Waals surface area contributed by atoms with Gasteiger partial charge < -0.3 is 9.72 Å². The molecule has 132 valence electrons. The number of hydrogen-bond donors (Lipinski definition) is 1. The fourth-order valence-corrected chi connectivity index (χ4v) is 3.16. The highest BCUT2D eigenvalue weighted by Crippen LogP contribution is 2.25. The number of carbonyl (C=O) groups is 1. The summed E-state index contributed by atoms with van der Waals surface area (Å²) in [6.45, 7) is 0. The molecule has 27 heavy (non-hydrogen) atoms. The van der Waals surface area contributed by atoms with Gasteiger partial charge in [0.2, 0.25) is 5.43 Å². The quantitative estimate of drug-likeness (QED) is 0.551. The van der Waals surface area contributed by atoms with Crippen LogP contribution in [0.3, 0.4) is 0 Å². The number of ketones is 1. The molecule has 0 spiro atoms. The second kappa shape index (κ2) is 6.92. The molecule has 0 atom stereocenters. The maximum Gasteiger partial charge on any atom is 0.201 e. The lowest BCUT2D eigenvalue weighted by Crippen LogP contribution is -2.19. The van der Waals surface area contributed by atoms with E-state index in [0.29, 0.717) is 27.9 Å². The summed E-state index contributed by atoms with van der Waals surface area (Å²) in [5.74, 6) is 0.339. The molecule has 1 N–H and O–H groups in total. The molecule has 0 aliphatic heterocycles. The average molecular weight is 355 g/mol. The van der Waals surface area contributed by atoms with Gasteiger partial charge in [0, 0.05) is 16.5 Å². The summed E-state index contributed by atoms with van der Waals surface area (Å²) in [5, 5.41) is 0.494. The van der Waals surface area contributed by atoms with Crippen LogP contribution in [-0.4, -0.2) is 17.9 Å². The molecule has 0 aliphatic carbocycles. The maximum absolute atomic E-state index is 13.2. The largest absolute Gasteiger partial charge is 0.497 e. The van der Waals surface area contributed by atoms with Crippen molar-refractivity contribution in [2.45, 2.75) is 0 Å². The molecule has 0 radical (unpaired) electrons. The zero-order chi connectivity index (χ0) is 18.8. The molecule has 0 amide bonds.